The van der Waals surface area contributed by atoms with Gasteiger partial charge < -0.3 is 10.4 Å². The van der Waals surface area contributed by atoms with Gasteiger partial charge in [-0.3, -0.25) is 9.48 Å². The number of aromatic nitrogens is 2. The maximum Gasteiger partial charge on any atom is 0.328 e. The fraction of sp³-hybridized carbons (Fsp3) is 0.0714. The van der Waals surface area contributed by atoms with Crippen molar-refractivity contribution in [3.63, 3.8) is 0 Å². The molecular weight excluding hydrogens is 258 g/mol. The molecule has 0 saturated carbocycles. The first-order valence-electron chi connectivity index (χ1n) is 5.86. The summed E-state index contributed by atoms with van der Waals surface area (Å²) in [5.41, 5.74) is 1.09. The summed E-state index contributed by atoms with van der Waals surface area (Å²) in [5.74, 6) is -0.726. The zero-order valence-electron chi connectivity index (χ0n) is 10.8. The molecule has 20 heavy (non-hydrogen) atoms. The van der Waals surface area contributed by atoms with Crippen molar-refractivity contribution in [2.24, 2.45) is 7.05 Å². The summed E-state index contributed by atoms with van der Waals surface area (Å²) >= 11 is 0. The Morgan fingerprint density at radius 3 is 2.80 bits per heavy atom. The number of benzene rings is 1. The summed E-state index contributed by atoms with van der Waals surface area (Å²) in [5, 5.41) is 15.3. The van der Waals surface area contributed by atoms with Crippen molar-refractivity contribution >= 4 is 23.8 Å². The van der Waals surface area contributed by atoms with Crippen molar-refractivity contribution in [1.82, 2.24) is 9.78 Å². The molecule has 102 valence electrons. The molecular formula is C14H13N3O3. The average Bonchev–Trinajstić information content (AvgIpc) is 2.82. The van der Waals surface area contributed by atoms with E-state index in [0.717, 1.165) is 6.08 Å². The van der Waals surface area contributed by atoms with Gasteiger partial charge in [-0.25, -0.2) is 4.79 Å². The molecule has 2 rings (SSSR count). The highest BCUT2D eigenvalue weighted by atomic mass is 16.4. The van der Waals surface area contributed by atoms with Gasteiger partial charge >= 0.3 is 5.97 Å². The highest BCUT2D eigenvalue weighted by Gasteiger charge is 2.08. The lowest BCUT2D eigenvalue weighted by atomic mass is 10.1. The molecule has 1 amide bonds. The number of aryl methyl sites for hydroxylation is 1. The van der Waals surface area contributed by atoms with Crippen LogP contribution in [0.15, 0.2) is 42.6 Å². The van der Waals surface area contributed by atoms with E-state index >= 15 is 0 Å². The Morgan fingerprint density at radius 1 is 1.35 bits per heavy atom. The molecule has 0 saturated heterocycles. The molecule has 0 aliphatic heterocycles. The number of carboxylic acid groups (broad SMARTS) is 1. The van der Waals surface area contributed by atoms with Crippen LogP contribution in [0.3, 0.4) is 0 Å². The highest BCUT2D eigenvalue weighted by molar-refractivity contribution is 6.04. The van der Waals surface area contributed by atoms with Crippen LogP contribution >= 0.6 is 0 Å². The first-order chi connectivity index (χ1) is 9.56. The van der Waals surface area contributed by atoms with E-state index in [2.05, 4.69) is 10.4 Å². The number of nitrogens with zero attached hydrogens (tertiary/aromatic N) is 2. The van der Waals surface area contributed by atoms with Gasteiger partial charge in [0.05, 0.1) is 6.20 Å². The second-order valence-corrected chi connectivity index (χ2v) is 4.09. The minimum absolute atomic E-state index is 0.279. The molecule has 1 aromatic heterocycles. The maximum atomic E-state index is 12.1. The van der Waals surface area contributed by atoms with Gasteiger partial charge in [0, 0.05) is 24.8 Å². The number of carbonyl (C=O) groups excluding carboxylic acids is 1. The maximum absolute atomic E-state index is 12.1. The summed E-state index contributed by atoms with van der Waals surface area (Å²) in [7, 11) is 1.72. The van der Waals surface area contributed by atoms with Crippen LogP contribution in [0.2, 0.25) is 0 Å². The van der Waals surface area contributed by atoms with Crippen molar-refractivity contribution in [1.29, 1.82) is 0 Å². The Kier molecular flexibility index (Phi) is 3.95. The van der Waals surface area contributed by atoms with Gasteiger partial charge in [0.1, 0.15) is 5.82 Å². The molecule has 0 aliphatic rings. The molecule has 0 radical (unpaired) electrons. The summed E-state index contributed by atoms with van der Waals surface area (Å²) in [4.78, 5) is 22.5. The van der Waals surface area contributed by atoms with Crippen LogP contribution < -0.4 is 5.32 Å². The van der Waals surface area contributed by atoms with Gasteiger partial charge in [-0.1, -0.05) is 12.1 Å². The van der Waals surface area contributed by atoms with Crippen LogP contribution in [0, 0.1) is 0 Å². The van der Waals surface area contributed by atoms with Crippen molar-refractivity contribution in [2.45, 2.75) is 0 Å². The first kappa shape index (κ1) is 13.5. The van der Waals surface area contributed by atoms with Crippen molar-refractivity contribution in [3.8, 4) is 0 Å². The number of nitrogens with one attached hydrogen (secondary N) is 1. The molecule has 1 heterocycles. The molecule has 2 N–H and O–H groups in total. The predicted molar refractivity (Wildman–Crippen MR) is 74.3 cm³/mol. The summed E-state index contributed by atoms with van der Waals surface area (Å²) in [6.45, 7) is 0. The summed E-state index contributed by atoms with van der Waals surface area (Å²) in [6.07, 6.45) is 4.04. The Balaban J connectivity index is 2.16. The topological polar surface area (TPSA) is 84.2 Å². The van der Waals surface area contributed by atoms with Crippen molar-refractivity contribution in [2.75, 3.05) is 5.32 Å². The molecule has 0 spiro atoms. The molecule has 0 fully saturated rings. The second kappa shape index (κ2) is 5.83. The molecule has 1 aromatic carbocycles. The SMILES string of the molecule is Cn1nccc1NC(=O)c1cccc(C=CC(=O)O)c1. The lowest BCUT2D eigenvalue weighted by Crippen LogP contribution is -2.14. The van der Waals surface area contributed by atoms with E-state index in [9.17, 15) is 9.59 Å². The van der Waals surface area contributed by atoms with Crippen molar-refractivity contribution < 1.29 is 14.7 Å². The Labute approximate surface area is 115 Å². The van der Waals surface area contributed by atoms with Crippen molar-refractivity contribution in [3.05, 3.63) is 53.7 Å². The lowest BCUT2D eigenvalue weighted by Gasteiger charge is -2.05. The normalized spacial score (nSPS) is 10.7. The minimum atomic E-state index is -1.03. The van der Waals surface area contributed by atoms with Crippen LogP contribution in [-0.4, -0.2) is 26.8 Å². The standard InChI is InChI=1S/C14H13N3O3/c1-17-12(7-8-15-17)16-14(20)11-4-2-3-10(9-11)5-6-13(18)19/h2-9H,1H3,(H,16,20)(H,18,19). The average molecular weight is 271 g/mol. The lowest BCUT2D eigenvalue weighted by molar-refractivity contribution is -0.131. The van der Waals surface area contributed by atoms with Gasteiger partial charge in [0.2, 0.25) is 0 Å². The van der Waals surface area contributed by atoms with Gasteiger partial charge in [0.25, 0.3) is 5.91 Å². The molecule has 2 aromatic rings. The zero-order chi connectivity index (χ0) is 14.5. The number of carboxylic acids is 1. The Hall–Kier alpha value is -2.89. The fourth-order valence-electron chi connectivity index (χ4n) is 1.64. The van der Waals surface area contributed by atoms with Crippen LogP contribution in [-0.2, 0) is 11.8 Å². The summed E-state index contributed by atoms with van der Waals surface area (Å²) < 4.78 is 1.55. The number of amides is 1. The molecule has 0 bridgehead atoms. The van der Waals surface area contributed by atoms with Crippen LogP contribution in [0.1, 0.15) is 15.9 Å². The number of anilines is 1. The largest absolute Gasteiger partial charge is 0.478 e. The van der Waals surface area contributed by atoms with E-state index in [1.165, 1.54) is 6.08 Å². The highest BCUT2D eigenvalue weighted by Crippen LogP contribution is 2.10. The monoisotopic (exact) mass is 271 g/mol. The molecule has 6 nitrogen and oxygen atoms in total. The van der Waals surface area contributed by atoms with Gasteiger partial charge in [-0.2, -0.15) is 5.10 Å². The number of hydrogen-bond donors (Lipinski definition) is 2. The molecule has 0 unspecified atom stereocenters. The Morgan fingerprint density at radius 2 is 2.15 bits per heavy atom. The predicted octanol–water partition coefficient (Wildman–Crippen LogP) is 1.77. The quantitative estimate of drug-likeness (QED) is 0.830. The smallest absolute Gasteiger partial charge is 0.328 e. The second-order valence-electron chi connectivity index (χ2n) is 4.09. The molecule has 6 heteroatoms. The number of carbonyl (C=O) groups is 2. The third-order valence-electron chi connectivity index (χ3n) is 2.63. The van der Waals surface area contributed by atoms with E-state index in [4.69, 9.17) is 5.11 Å². The first-order valence-corrected chi connectivity index (χ1v) is 5.86. The third kappa shape index (κ3) is 3.32. The van der Waals surface area contributed by atoms with E-state index < -0.39 is 5.97 Å². The van der Waals surface area contributed by atoms with Crippen LogP contribution in [0.4, 0.5) is 5.82 Å². The number of rotatable bonds is 4. The van der Waals surface area contributed by atoms with E-state index in [1.54, 1.807) is 48.3 Å². The van der Waals surface area contributed by atoms with Crippen LogP contribution in [0.25, 0.3) is 6.08 Å². The van der Waals surface area contributed by atoms with Gasteiger partial charge in [0.15, 0.2) is 0 Å². The van der Waals surface area contributed by atoms with Gasteiger partial charge in [-0.05, 0) is 23.8 Å². The summed E-state index contributed by atoms with van der Waals surface area (Å²) in [6, 6.07) is 8.38. The van der Waals surface area contributed by atoms with E-state index in [-0.39, 0.29) is 5.91 Å². The molecule has 0 aliphatic carbocycles. The molecule has 0 atom stereocenters. The minimum Gasteiger partial charge on any atom is -0.478 e. The van der Waals surface area contributed by atoms with E-state index in [0.29, 0.717) is 16.9 Å². The van der Waals surface area contributed by atoms with E-state index in [1.807, 2.05) is 0 Å². The van der Waals surface area contributed by atoms with Crippen LogP contribution in [0.5, 0.6) is 0 Å². The fourth-order valence-corrected chi connectivity index (χ4v) is 1.64. The number of aliphatic carboxylic acids is 1. The third-order valence-corrected chi connectivity index (χ3v) is 2.63. The Bertz CT molecular complexity index is 674. The van der Waals surface area contributed by atoms with Gasteiger partial charge in [-0.15, -0.1) is 0 Å². The zero-order valence-corrected chi connectivity index (χ0v) is 10.8. The number of hydrogen-bond acceptors (Lipinski definition) is 3.